The molecule has 8 heteroatoms. The maximum absolute atomic E-state index is 12.7. The third-order valence-electron chi connectivity index (χ3n) is 1.82. The average molecular weight is 286 g/mol. The molecule has 0 saturated heterocycles. The molecule has 0 radical (unpaired) electrons. The summed E-state index contributed by atoms with van der Waals surface area (Å²) in [6, 6.07) is 0. The predicted octanol–water partition coefficient (Wildman–Crippen LogP) is 3.79. The van der Waals surface area contributed by atoms with Gasteiger partial charge in [-0.05, 0) is 6.42 Å². The Morgan fingerprint density at radius 2 is 1.82 bits per heavy atom. The molecule has 0 aliphatic heterocycles. The van der Waals surface area contributed by atoms with E-state index in [9.17, 15) is 13.2 Å². The van der Waals surface area contributed by atoms with Crippen LogP contribution in [0.15, 0.2) is 12.7 Å². The highest BCUT2D eigenvalue weighted by atomic mass is 35.5. The summed E-state index contributed by atoms with van der Waals surface area (Å²) in [6.45, 7) is 3.70. The lowest BCUT2D eigenvalue weighted by atomic mass is 10.2. The molecule has 1 aromatic heterocycles. The summed E-state index contributed by atoms with van der Waals surface area (Å²) in [5.41, 5.74) is -1.47. The van der Waals surface area contributed by atoms with Crippen molar-refractivity contribution in [3.8, 4) is 0 Å². The first-order chi connectivity index (χ1) is 7.88. The van der Waals surface area contributed by atoms with Crippen LogP contribution in [0.1, 0.15) is 12.0 Å². The monoisotopic (exact) mass is 285 g/mol. The van der Waals surface area contributed by atoms with Gasteiger partial charge >= 0.3 is 6.18 Å². The van der Waals surface area contributed by atoms with E-state index in [0.717, 1.165) is 0 Å². The van der Waals surface area contributed by atoms with Gasteiger partial charge in [-0.25, -0.2) is 0 Å². The van der Waals surface area contributed by atoms with Gasteiger partial charge in [-0.15, -0.1) is 16.8 Å². The van der Waals surface area contributed by atoms with E-state index < -0.39 is 16.9 Å². The summed E-state index contributed by atoms with van der Waals surface area (Å²) in [5, 5.41) is 7.88. The van der Waals surface area contributed by atoms with E-state index >= 15 is 0 Å². The molecule has 0 amide bonds. The van der Waals surface area contributed by atoms with Crippen molar-refractivity contribution >= 4 is 28.9 Å². The molecule has 0 bridgehead atoms. The van der Waals surface area contributed by atoms with Gasteiger partial charge in [0.05, 0.1) is 5.69 Å². The number of alkyl halides is 3. The Morgan fingerprint density at radius 3 is 2.35 bits per heavy atom. The van der Waals surface area contributed by atoms with Crippen LogP contribution < -0.4 is 5.32 Å². The van der Waals surface area contributed by atoms with Crippen molar-refractivity contribution in [2.75, 3.05) is 11.9 Å². The Morgan fingerprint density at radius 1 is 1.24 bits per heavy atom. The first-order valence-electron chi connectivity index (χ1n) is 4.51. The lowest BCUT2D eigenvalue weighted by molar-refractivity contribution is -0.137. The minimum absolute atomic E-state index is 0.244. The van der Waals surface area contributed by atoms with Crippen molar-refractivity contribution < 1.29 is 13.2 Å². The minimum Gasteiger partial charge on any atom is -0.382 e. The van der Waals surface area contributed by atoms with Gasteiger partial charge in [-0.1, -0.05) is 29.3 Å². The number of hydrogen-bond acceptors (Lipinski definition) is 3. The molecule has 3 nitrogen and oxygen atoms in total. The second-order valence-corrected chi connectivity index (χ2v) is 3.75. The Kier molecular flexibility index (Phi) is 4.59. The lowest BCUT2D eigenvalue weighted by Gasteiger charge is -2.15. The fourth-order valence-corrected chi connectivity index (χ4v) is 1.55. The highest BCUT2D eigenvalue weighted by molar-refractivity contribution is 6.34. The van der Waals surface area contributed by atoms with Crippen LogP contribution in [0.2, 0.25) is 10.3 Å². The van der Waals surface area contributed by atoms with Crippen molar-refractivity contribution in [3.63, 3.8) is 0 Å². The second-order valence-electron chi connectivity index (χ2n) is 3.03. The van der Waals surface area contributed by atoms with Crippen LogP contribution in [0.4, 0.5) is 18.9 Å². The van der Waals surface area contributed by atoms with Crippen molar-refractivity contribution in [1.29, 1.82) is 0 Å². The maximum atomic E-state index is 12.7. The summed E-state index contributed by atoms with van der Waals surface area (Å²) >= 11 is 11.0. The lowest BCUT2D eigenvalue weighted by Crippen LogP contribution is -2.14. The smallest absolute Gasteiger partial charge is 0.382 e. The van der Waals surface area contributed by atoms with E-state index in [4.69, 9.17) is 23.2 Å². The molecule has 0 atom stereocenters. The molecule has 1 aromatic rings. The van der Waals surface area contributed by atoms with Gasteiger partial charge in [-0.2, -0.15) is 13.2 Å². The Balaban J connectivity index is 3.16. The normalized spacial score (nSPS) is 11.4. The number of anilines is 1. The molecule has 0 aliphatic rings. The highest BCUT2D eigenvalue weighted by Gasteiger charge is 2.38. The summed E-state index contributed by atoms with van der Waals surface area (Å²) in [4.78, 5) is 0. The molecule has 94 valence electrons. The first-order valence-corrected chi connectivity index (χ1v) is 5.27. The summed E-state index contributed by atoms with van der Waals surface area (Å²) in [7, 11) is 0. The van der Waals surface area contributed by atoms with Crippen LogP contribution in [0.25, 0.3) is 0 Å². The van der Waals surface area contributed by atoms with Crippen LogP contribution in [0, 0.1) is 0 Å². The van der Waals surface area contributed by atoms with Crippen molar-refractivity contribution in [3.05, 3.63) is 28.5 Å². The predicted molar refractivity (Wildman–Crippen MR) is 60.4 cm³/mol. The van der Waals surface area contributed by atoms with Crippen molar-refractivity contribution in [2.24, 2.45) is 0 Å². The van der Waals surface area contributed by atoms with E-state index in [1.54, 1.807) is 6.08 Å². The van der Waals surface area contributed by atoms with Gasteiger partial charge in [0.2, 0.25) is 0 Å². The number of hydrogen-bond donors (Lipinski definition) is 1. The zero-order chi connectivity index (χ0) is 13.1. The van der Waals surface area contributed by atoms with E-state index in [2.05, 4.69) is 22.1 Å². The van der Waals surface area contributed by atoms with Crippen LogP contribution >= 0.6 is 23.2 Å². The Labute approximate surface area is 106 Å². The van der Waals surface area contributed by atoms with Crippen LogP contribution in [-0.4, -0.2) is 16.7 Å². The third kappa shape index (κ3) is 3.47. The zero-order valence-corrected chi connectivity index (χ0v) is 9.99. The number of nitrogens with zero attached hydrogens (tertiary/aromatic N) is 2. The van der Waals surface area contributed by atoms with Gasteiger partial charge in [-0.3, -0.25) is 0 Å². The van der Waals surface area contributed by atoms with E-state index in [0.29, 0.717) is 6.42 Å². The van der Waals surface area contributed by atoms with Gasteiger partial charge < -0.3 is 5.32 Å². The Hall–Kier alpha value is -1.01. The second kappa shape index (κ2) is 5.55. The van der Waals surface area contributed by atoms with Gasteiger partial charge in [0, 0.05) is 6.54 Å². The van der Waals surface area contributed by atoms with E-state index in [1.807, 2.05) is 0 Å². The fraction of sp³-hybridized carbons (Fsp3) is 0.333. The minimum atomic E-state index is -4.65. The standard InChI is InChI=1S/C9H8Cl2F3N3/c1-2-3-4-15-6-5(9(12,13)14)7(10)16-17-8(6)11/h2H,1,3-4H2,(H,15,16). The molecule has 0 spiro atoms. The number of aromatic nitrogens is 2. The molecule has 0 aliphatic carbocycles. The quantitative estimate of drug-likeness (QED) is 0.676. The summed E-state index contributed by atoms with van der Waals surface area (Å²) in [5.74, 6) is 0. The molecular formula is C9H8Cl2F3N3. The van der Waals surface area contributed by atoms with Gasteiger partial charge in [0.1, 0.15) is 5.56 Å². The van der Waals surface area contributed by atoms with Crippen molar-refractivity contribution in [1.82, 2.24) is 10.2 Å². The Bertz CT molecular complexity index is 421. The average Bonchev–Trinajstić information content (AvgIpc) is 2.21. The molecule has 0 unspecified atom stereocenters. The molecule has 0 saturated carbocycles. The SMILES string of the molecule is C=CCCNc1c(Cl)nnc(Cl)c1C(F)(F)F. The zero-order valence-electron chi connectivity index (χ0n) is 8.48. The molecule has 0 fully saturated rings. The van der Waals surface area contributed by atoms with Gasteiger partial charge in [0.25, 0.3) is 0 Å². The number of halogens is 5. The van der Waals surface area contributed by atoms with Crippen molar-refractivity contribution in [2.45, 2.75) is 12.6 Å². The molecular weight excluding hydrogens is 278 g/mol. The summed E-state index contributed by atoms with van der Waals surface area (Å²) in [6.07, 6.45) is -2.61. The highest BCUT2D eigenvalue weighted by Crippen LogP contribution is 2.40. The third-order valence-corrected chi connectivity index (χ3v) is 2.35. The van der Waals surface area contributed by atoms with Crippen LogP contribution in [-0.2, 0) is 6.18 Å². The summed E-state index contributed by atoms with van der Waals surface area (Å²) < 4.78 is 38.2. The molecule has 17 heavy (non-hydrogen) atoms. The maximum Gasteiger partial charge on any atom is 0.421 e. The van der Waals surface area contributed by atoms with E-state index in [1.165, 1.54) is 0 Å². The molecule has 0 aromatic carbocycles. The topological polar surface area (TPSA) is 37.8 Å². The van der Waals surface area contributed by atoms with Gasteiger partial charge in [0.15, 0.2) is 10.3 Å². The molecule has 1 heterocycles. The first kappa shape index (κ1) is 14.1. The number of rotatable bonds is 4. The van der Waals surface area contributed by atoms with Crippen LogP contribution in [0.5, 0.6) is 0 Å². The molecule has 1 N–H and O–H groups in total. The van der Waals surface area contributed by atoms with E-state index in [-0.39, 0.29) is 17.4 Å². The fourth-order valence-electron chi connectivity index (χ4n) is 1.11. The largest absolute Gasteiger partial charge is 0.421 e. The number of nitrogens with one attached hydrogen (secondary N) is 1. The van der Waals surface area contributed by atoms with Crippen LogP contribution in [0.3, 0.4) is 0 Å². The molecule has 1 rings (SSSR count).